The minimum absolute atomic E-state index is 0.454. The first-order valence-electron chi connectivity index (χ1n) is 7.66. The third kappa shape index (κ3) is 4.86. The second kappa shape index (κ2) is 7.97. The lowest BCUT2D eigenvalue weighted by atomic mass is 10.1. The van der Waals surface area contributed by atoms with Crippen LogP contribution in [0.1, 0.15) is 29.2 Å². The van der Waals surface area contributed by atoms with Crippen molar-refractivity contribution in [1.29, 1.82) is 0 Å². The van der Waals surface area contributed by atoms with Crippen molar-refractivity contribution in [3.63, 3.8) is 0 Å². The predicted molar refractivity (Wildman–Crippen MR) is 90.1 cm³/mol. The van der Waals surface area contributed by atoms with Gasteiger partial charge in [-0.3, -0.25) is 0 Å². The molecule has 0 bridgehead atoms. The Balaban J connectivity index is 1.98. The van der Waals surface area contributed by atoms with Gasteiger partial charge in [-0.05, 0) is 56.3 Å². The first kappa shape index (κ1) is 16.5. The Morgan fingerprint density at radius 3 is 2.59 bits per heavy atom. The molecule has 0 aromatic heterocycles. The highest BCUT2D eigenvalue weighted by Crippen LogP contribution is 2.22. The molecule has 0 amide bonds. The number of ether oxygens (including phenoxy) is 1. The van der Waals surface area contributed by atoms with E-state index >= 15 is 0 Å². The van der Waals surface area contributed by atoms with E-state index in [0.717, 1.165) is 17.9 Å². The Morgan fingerprint density at radius 2 is 1.86 bits per heavy atom. The number of aliphatic hydroxyl groups is 1. The van der Waals surface area contributed by atoms with E-state index < -0.39 is 6.10 Å². The quantitative estimate of drug-likeness (QED) is 0.848. The van der Waals surface area contributed by atoms with Gasteiger partial charge in [-0.15, -0.1) is 0 Å². The summed E-state index contributed by atoms with van der Waals surface area (Å²) < 4.78 is 5.87. The minimum atomic E-state index is -0.454. The summed E-state index contributed by atoms with van der Waals surface area (Å²) in [6.45, 7) is 3.49. The van der Waals surface area contributed by atoms with Gasteiger partial charge in [-0.1, -0.05) is 36.4 Å². The summed E-state index contributed by atoms with van der Waals surface area (Å²) in [5.41, 5.74) is 3.31. The van der Waals surface area contributed by atoms with E-state index in [4.69, 9.17) is 4.74 Å². The molecule has 0 radical (unpaired) electrons. The first-order chi connectivity index (χ1) is 10.6. The van der Waals surface area contributed by atoms with Crippen LogP contribution in [0.2, 0.25) is 0 Å². The number of hydrogen-bond donors (Lipinski definition) is 1. The highest BCUT2D eigenvalue weighted by molar-refractivity contribution is 5.31. The smallest absolute Gasteiger partial charge is 0.120 e. The Labute approximate surface area is 133 Å². The van der Waals surface area contributed by atoms with Crippen molar-refractivity contribution < 1.29 is 9.84 Å². The summed E-state index contributed by atoms with van der Waals surface area (Å²) in [5, 5.41) is 10.2. The van der Waals surface area contributed by atoms with Crippen molar-refractivity contribution >= 4 is 0 Å². The molecule has 0 saturated carbocycles. The van der Waals surface area contributed by atoms with Gasteiger partial charge in [0.15, 0.2) is 0 Å². The Bertz CT molecular complexity index is 595. The topological polar surface area (TPSA) is 32.7 Å². The fourth-order valence-corrected chi connectivity index (χ4v) is 2.29. The van der Waals surface area contributed by atoms with Gasteiger partial charge in [-0.2, -0.15) is 0 Å². The fourth-order valence-electron chi connectivity index (χ4n) is 2.29. The summed E-state index contributed by atoms with van der Waals surface area (Å²) >= 11 is 0. The molecular weight excluding hydrogens is 274 g/mol. The molecule has 2 aromatic rings. The van der Waals surface area contributed by atoms with Crippen LogP contribution in [0.4, 0.5) is 0 Å². The van der Waals surface area contributed by atoms with E-state index in [1.165, 1.54) is 11.1 Å². The molecule has 2 aromatic carbocycles. The standard InChI is InChI=1S/C19H25NO2/c1-15-7-4-5-8-17(15)14-22-18-10-6-9-16(13-18)19(21)11-12-20(2)3/h4-10,13,19,21H,11-12,14H2,1-3H3. The van der Waals surface area contributed by atoms with Gasteiger partial charge >= 0.3 is 0 Å². The average molecular weight is 299 g/mol. The molecule has 0 aliphatic heterocycles. The Kier molecular flexibility index (Phi) is 5.99. The lowest BCUT2D eigenvalue weighted by Crippen LogP contribution is -2.15. The van der Waals surface area contributed by atoms with Crippen molar-refractivity contribution in [3.05, 3.63) is 65.2 Å². The molecule has 118 valence electrons. The zero-order valence-electron chi connectivity index (χ0n) is 13.6. The molecule has 1 atom stereocenters. The van der Waals surface area contributed by atoms with Crippen molar-refractivity contribution in [3.8, 4) is 5.75 Å². The van der Waals surface area contributed by atoms with Crippen molar-refractivity contribution in [2.24, 2.45) is 0 Å². The van der Waals surface area contributed by atoms with Crippen LogP contribution in [0.3, 0.4) is 0 Å². The molecule has 0 heterocycles. The van der Waals surface area contributed by atoms with Crippen LogP contribution in [-0.4, -0.2) is 30.6 Å². The van der Waals surface area contributed by atoms with Gasteiger partial charge in [0.2, 0.25) is 0 Å². The summed E-state index contributed by atoms with van der Waals surface area (Å²) in [6.07, 6.45) is 0.262. The molecule has 3 nitrogen and oxygen atoms in total. The number of rotatable bonds is 7. The Morgan fingerprint density at radius 1 is 1.09 bits per heavy atom. The van der Waals surface area contributed by atoms with E-state index in [1.807, 2.05) is 50.5 Å². The number of hydrogen-bond acceptors (Lipinski definition) is 3. The minimum Gasteiger partial charge on any atom is -0.489 e. The Hall–Kier alpha value is -1.84. The molecule has 0 aliphatic carbocycles. The monoisotopic (exact) mass is 299 g/mol. The van der Waals surface area contributed by atoms with Crippen LogP contribution < -0.4 is 4.74 Å². The molecule has 2 rings (SSSR count). The molecular formula is C19H25NO2. The van der Waals surface area contributed by atoms with Crippen LogP contribution in [0, 0.1) is 6.92 Å². The van der Waals surface area contributed by atoms with E-state index in [0.29, 0.717) is 13.0 Å². The lowest BCUT2D eigenvalue weighted by molar-refractivity contribution is 0.153. The second-order valence-electron chi connectivity index (χ2n) is 5.90. The van der Waals surface area contributed by atoms with Crippen LogP contribution in [0.15, 0.2) is 48.5 Å². The number of benzene rings is 2. The molecule has 1 unspecified atom stereocenters. The van der Waals surface area contributed by atoms with Gasteiger partial charge < -0.3 is 14.7 Å². The fraction of sp³-hybridized carbons (Fsp3) is 0.368. The first-order valence-corrected chi connectivity index (χ1v) is 7.66. The highest BCUT2D eigenvalue weighted by atomic mass is 16.5. The highest BCUT2D eigenvalue weighted by Gasteiger charge is 2.09. The van der Waals surface area contributed by atoms with E-state index in [9.17, 15) is 5.11 Å². The number of aryl methyl sites for hydroxylation is 1. The molecule has 0 fully saturated rings. The summed E-state index contributed by atoms with van der Waals surface area (Å²) in [5.74, 6) is 0.796. The van der Waals surface area contributed by atoms with Gasteiger partial charge in [0.05, 0.1) is 6.10 Å². The maximum atomic E-state index is 10.2. The van der Waals surface area contributed by atoms with Crippen molar-refractivity contribution in [2.75, 3.05) is 20.6 Å². The summed E-state index contributed by atoms with van der Waals surface area (Å²) in [4.78, 5) is 2.07. The number of aliphatic hydroxyl groups excluding tert-OH is 1. The zero-order valence-corrected chi connectivity index (χ0v) is 13.6. The summed E-state index contributed by atoms with van der Waals surface area (Å²) in [6, 6.07) is 15.9. The predicted octanol–water partition coefficient (Wildman–Crippen LogP) is 3.56. The van der Waals surface area contributed by atoms with Crippen LogP contribution >= 0.6 is 0 Å². The molecule has 22 heavy (non-hydrogen) atoms. The molecule has 0 aliphatic rings. The molecule has 1 N–H and O–H groups in total. The zero-order chi connectivity index (χ0) is 15.9. The maximum absolute atomic E-state index is 10.2. The SMILES string of the molecule is Cc1ccccc1COc1cccc(C(O)CCN(C)C)c1. The number of nitrogens with zero attached hydrogens (tertiary/aromatic N) is 1. The van der Waals surface area contributed by atoms with E-state index in [-0.39, 0.29) is 0 Å². The molecule has 0 spiro atoms. The second-order valence-corrected chi connectivity index (χ2v) is 5.90. The maximum Gasteiger partial charge on any atom is 0.120 e. The van der Waals surface area contributed by atoms with E-state index in [2.05, 4.69) is 24.0 Å². The van der Waals surface area contributed by atoms with Crippen LogP contribution in [-0.2, 0) is 6.61 Å². The third-order valence-electron chi connectivity index (χ3n) is 3.75. The van der Waals surface area contributed by atoms with E-state index in [1.54, 1.807) is 0 Å². The van der Waals surface area contributed by atoms with Gasteiger partial charge in [0.25, 0.3) is 0 Å². The summed E-state index contributed by atoms with van der Waals surface area (Å²) in [7, 11) is 4.02. The van der Waals surface area contributed by atoms with Gasteiger partial charge in [0, 0.05) is 6.54 Å². The van der Waals surface area contributed by atoms with Crippen molar-refractivity contribution in [2.45, 2.75) is 26.1 Å². The molecule has 0 saturated heterocycles. The molecule has 3 heteroatoms. The lowest BCUT2D eigenvalue weighted by Gasteiger charge is -2.16. The van der Waals surface area contributed by atoms with Gasteiger partial charge in [-0.25, -0.2) is 0 Å². The van der Waals surface area contributed by atoms with Crippen molar-refractivity contribution in [1.82, 2.24) is 4.90 Å². The largest absolute Gasteiger partial charge is 0.489 e. The van der Waals surface area contributed by atoms with Gasteiger partial charge in [0.1, 0.15) is 12.4 Å². The normalized spacial score (nSPS) is 12.4. The van der Waals surface area contributed by atoms with Crippen LogP contribution in [0.5, 0.6) is 5.75 Å². The average Bonchev–Trinajstić information content (AvgIpc) is 2.52. The third-order valence-corrected chi connectivity index (χ3v) is 3.75. The van der Waals surface area contributed by atoms with Crippen LogP contribution in [0.25, 0.3) is 0 Å².